The Kier molecular flexibility index (Phi) is 2.96. The highest BCUT2D eigenvalue weighted by Crippen LogP contribution is 2.31. The predicted molar refractivity (Wildman–Crippen MR) is 74.5 cm³/mol. The average molecular weight is 268 g/mol. The number of phenols is 1. The highest BCUT2D eigenvalue weighted by atomic mass is 16.3. The van der Waals surface area contributed by atoms with Gasteiger partial charge in [-0.05, 0) is 24.3 Å². The standard InChI is InChI=1S/C15H12N2O3/c16-8-12(19)9-5-3-7-13-14(9)17-15(20-13)10-4-1-2-6-11(10)18/h1-7,18H,8,16H2. The maximum Gasteiger partial charge on any atom is 0.231 e. The summed E-state index contributed by atoms with van der Waals surface area (Å²) in [5.41, 5.74) is 7.24. The van der Waals surface area contributed by atoms with Gasteiger partial charge in [0.15, 0.2) is 11.4 Å². The molecule has 0 aliphatic heterocycles. The number of ketones is 1. The van der Waals surface area contributed by atoms with Crippen LogP contribution >= 0.6 is 0 Å². The van der Waals surface area contributed by atoms with Crippen LogP contribution in [0.25, 0.3) is 22.6 Å². The molecule has 0 aliphatic rings. The van der Waals surface area contributed by atoms with Gasteiger partial charge >= 0.3 is 0 Å². The number of Topliss-reactive ketones (excluding diaryl/α,β-unsaturated/α-hetero) is 1. The van der Waals surface area contributed by atoms with E-state index in [4.69, 9.17) is 10.2 Å². The number of carbonyl (C=O) groups is 1. The van der Waals surface area contributed by atoms with Crippen molar-refractivity contribution in [2.75, 3.05) is 6.54 Å². The van der Waals surface area contributed by atoms with Crippen LogP contribution in [0.15, 0.2) is 46.9 Å². The summed E-state index contributed by atoms with van der Waals surface area (Å²) in [6.07, 6.45) is 0. The number of fused-ring (bicyclic) bond motifs is 1. The van der Waals surface area contributed by atoms with Crippen molar-refractivity contribution in [3.63, 3.8) is 0 Å². The zero-order valence-corrected chi connectivity index (χ0v) is 10.5. The topological polar surface area (TPSA) is 89.4 Å². The second-order valence-corrected chi connectivity index (χ2v) is 4.32. The molecule has 0 amide bonds. The SMILES string of the molecule is NCC(=O)c1cccc2oc(-c3ccccc3O)nc12. The van der Waals surface area contributed by atoms with Gasteiger partial charge in [-0.25, -0.2) is 4.98 Å². The highest BCUT2D eigenvalue weighted by molar-refractivity contribution is 6.07. The quantitative estimate of drug-likeness (QED) is 0.712. The van der Waals surface area contributed by atoms with Crippen molar-refractivity contribution in [1.82, 2.24) is 4.98 Å². The number of aromatic hydroxyl groups is 1. The van der Waals surface area contributed by atoms with Crippen molar-refractivity contribution < 1.29 is 14.3 Å². The summed E-state index contributed by atoms with van der Waals surface area (Å²) < 4.78 is 5.61. The van der Waals surface area contributed by atoms with Gasteiger partial charge in [0.1, 0.15) is 11.3 Å². The molecule has 5 nitrogen and oxygen atoms in total. The molecule has 0 unspecified atom stereocenters. The summed E-state index contributed by atoms with van der Waals surface area (Å²) in [7, 11) is 0. The number of rotatable bonds is 3. The van der Waals surface area contributed by atoms with Gasteiger partial charge in [-0.1, -0.05) is 18.2 Å². The van der Waals surface area contributed by atoms with Crippen molar-refractivity contribution in [3.05, 3.63) is 48.0 Å². The van der Waals surface area contributed by atoms with Crippen molar-refractivity contribution in [2.24, 2.45) is 5.73 Å². The van der Waals surface area contributed by atoms with E-state index in [-0.39, 0.29) is 24.0 Å². The number of nitrogens with two attached hydrogens (primary N) is 1. The molecule has 0 radical (unpaired) electrons. The zero-order valence-electron chi connectivity index (χ0n) is 10.5. The van der Waals surface area contributed by atoms with Gasteiger partial charge in [0, 0.05) is 5.56 Å². The van der Waals surface area contributed by atoms with Crippen molar-refractivity contribution in [3.8, 4) is 17.2 Å². The van der Waals surface area contributed by atoms with E-state index in [0.717, 1.165) is 0 Å². The van der Waals surface area contributed by atoms with E-state index >= 15 is 0 Å². The first-order valence-corrected chi connectivity index (χ1v) is 6.12. The zero-order chi connectivity index (χ0) is 14.1. The molecule has 3 N–H and O–H groups in total. The van der Waals surface area contributed by atoms with Gasteiger partial charge < -0.3 is 15.3 Å². The van der Waals surface area contributed by atoms with E-state index in [1.165, 1.54) is 0 Å². The number of hydrogen-bond acceptors (Lipinski definition) is 5. The number of carbonyl (C=O) groups excluding carboxylic acids is 1. The molecule has 3 rings (SSSR count). The van der Waals surface area contributed by atoms with Gasteiger partial charge in [-0.3, -0.25) is 4.79 Å². The Morgan fingerprint density at radius 2 is 2.00 bits per heavy atom. The Bertz CT molecular complexity index is 793. The number of hydrogen-bond donors (Lipinski definition) is 2. The molecule has 0 atom stereocenters. The Morgan fingerprint density at radius 1 is 1.20 bits per heavy atom. The Labute approximate surface area is 114 Å². The molecule has 100 valence electrons. The summed E-state index contributed by atoms with van der Waals surface area (Å²) in [6, 6.07) is 11.8. The second kappa shape index (κ2) is 4.79. The van der Waals surface area contributed by atoms with Crippen LogP contribution in [0.3, 0.4) is 0 Å². The smallest absolute Gasteiger partial charge is 0.231 e. The molecular formula is C15H12N2O3. The molecule has 0 spiro atoms. The van der Waals surface area contributed by atoms with Crippen LogP contribution < -0.4 is 5.73 Å². The molecule has 5 heteroatoms. The lowest BCUT2D eigenvalue weighted by Gasteiger charge is -1.97. The Balaban J connectivity index is 2.21. The number of para-hydroxylation sites is 2. The summed E-state index contributed by atoms with van der Waals surface area (Å²) in [5, 5.41) is 9.83. The van der Waals surface area contributed by atoms with Gasteiger partial charge in [-0.15, -0.1) is 0 Å². The molecule has 0 aliphatic carbocycles. The van der Waals surface area contributed by atoms with E-state index < -0.39 is 0 Å². The van der Waals surface area contributed by atoms with E-state index in [1.807, 2.05) is 0 Å². The summed E-state index contributed by atoms with van der Waals surface area (Å²) in [5.74, 6) is 0.147. The predicted octanol–water partition coefficient (Wildman–Crippen LogP) is 2.34. The second-order valence-electron chi connectivity index (χ2n) is 4.32. The monoisotopic (exact) mass is 268 g/mol. The molecule has 20 heavy (non-hydrogen) atoms. The fraction of sp³-hybridized carbons (Fsp3) is 0.0667. The van der Waals surface area contributed by atoms with Crippen molar-refractivity contribution >= 4 is 16.9 Å². The van der Waals surface area contributed by atoms with Gasteiger partial charge in [0.05, 0.1) is 12.1 Å². The first-order valence-electron chi connectivity index (χ1n) is 6.12. The molecule has 3 aromatic rings. The minimum atomic E-state index is -0.201. The molecule has 2 aromatic carbocycles. The Morgan fingerprint density at radius 3 is 2.75 bits per heavy atom. The summed E-state index contributed by atoms with van der Waals surface area (Å²) in [4.78, 5) is 16.1. The maximum absolute atomic E-state index is 11.8. The molecule has 0 fully saturated rings. The van der Waals surface area contributed by atoms with E-state index in [9.17, 15) is 9.90 Å². The van der Waals surface area contributed by atoms with Crippen LogP contribution in [0.5, 0.6) is 5.75 Å². The Hall–Kier alpha value is -2.66. The lowest BCUT2D eigenvalue weighted by Crippen LogP contribution is -2.13. The number of aromatic nitrogens is 1. The molecule has 0 saturated heterocycles. The third kappa shape index (κ3) is 1.94. The first kappa shape index (κ1) is 12.4. The van der Waals surface area contributed by atoms with Gasteiger partial charge in [0.2, 0.25) is 5.89 Å². The maximum atomic E-state index is 11.8. The number of nitrogens with zero attached hydrogens (tertiary/aromatic N) is 1. The van der Waals surface area contributed by atoms with Crippen LogP contribution in [0.2, 0.25) is 0 Å². The highest BCUT2D eigenvalue weighted by Gasteiger charge is 2.16. The lowest BCUT2D eigenvalue weighted by atomic mass is 10.1. The fourth-order valence-electron chi connectivity index (χ4n) is 2.05. The number of oxazole rings is 1. The molecule has 1 aromatic heterocycles. The summed E-state index contributed by atoms with van der Waals surface area (Å²) >= 11 is 0. The van der Waals surface area contributed by atoms with E-state index in [2.05, 4.69) is 4.98 Å². The minimum Gasteiger partial charge on any atom is -0.507 e. The van der Waals surface area contributed by atoms with Gasteiger partial charge in [0.25, 0.3) is 0 Å². The number of benzene rings is 2. The fourth-order valence-corrected chi connectivity index (χ4v) is 2.05. The van der Waals surface area contributed by atoms with Crippen LogP contribution in [-0.2, 0) is 0 Å². The van der Waals surface area contributed by atoms with Crippen LogP contribution in [-0.4, -0.2) is 22.4 Å². The van der Waals surface area contributed by atoms with Crippen LogP contribution in [0, 0.1) is 0 Å². The molecule has 1 heterocycles. The van der Waals surface area contributed by atoms with Crippen molar-refractivity contribution in [1.29, 1.82) is 0 Å². The normalized spacial score (nSPS) is 10.8. The largest absolute Gasteiger partial charge is 0.507 e. The van der Waals surface area contributed by atoms with Crippen LogP contribution in [0.4, 0.5) is 0 Å². The van der Waals surface area contributed by atoms with E-state index in [0.29, 0.717) is 22.2 Å². The molecular weight excluding hydrogens is 256 g/mol. The average Bonchev–Trinajstić information content (AvgIpc) is 2.90. The molecule has 0 saturated carbocycles. The van der Waals surface area contributed by atoms with Crippen molar-refractivity contribution in [2.45, 2.75) is 0 Å². The molecule has 0 bridgehead atoms. The van der Waals surface area contributed by atoms with E-state index in [1.54, 1.807) is 42.5 Å². The minimum absolute atomic E-state index is 0.0748. The van der Waals surface area contributed by atoms with Crippen LogP contribution in [0.1, 0.15) is 10.4 Å². The third-order valence-electron chi connectivity index (χ3n) is 3.04. The third-order valence-corrected chi connectivity index (χ3v) is 3.04. The number of phenolic OH excluding ortho intramolecular Hbond substituents is 1. The lowest BCUT2D eigenvalue weighted by molar-refractivity contribution is 0.100. The first-order chi connectivity index (χ1) is 9.70. The van der Waals surface area contributed by atoms with Gasteiger partial charge in [-0.2, -0.15) is 0 Å². The summed E-state index contributed by atoms with van der Waals surface area (Å²) in [6.45, 7) is -0.0854.